The second-order valence-corrected chi connectivity index (χ2v) is 4.15. The minimum Gasteiger partial charge on any atom is -0.346 e. The van der Waals surface area contributed by atoms with Crippen LogP contribution in [0.5, 0.6) is 0 Å². The van der Waals surface area contributed by atoms with Gasteiger partial charge in [0.25, 0.3) is 11.8 Å². The van der Waals surface area contributed by atoms with Crippen molar-refractivity contribution in [2.75, 3.05) is 6.54 Å². The number of carbonyl (C=O) groups is 1. The van der Waals surface area contributed by atoms with Crippen molar-refractivity contribution in [3.05, 3.63) is 34.1 Å². The number of hydrogen-bond acceptors (Lipinski definition) is 1. The van der Waals surface area contributed by atoms with E-state index in [1.165, 1.54) is 12.1 Å². The molecule has 2 nitrogen and oxygen atoms in total. The molecule has 0 bridgehead atoms. The SMILES string of the molecule is CC(F)(F)CNC(=O)c1cccc(F)c1Br. The molecule has 0 heterocycles. The van der Waals surface area contributed by atoms with E-state index in [1.54, 1.807) is 0 Å². The highest BCUT2D eigenvalue weighted by atomic mass is 79.9. The maximum absolute atomic E-state index is 13.0. The summed E-state index contributed by atoms with van der Waals surface area (Å²) in [6.45, 7) is -0.0946. The fourth-order valence-electron chi connectivity index (χ4n) is 1.01. The van der Waals surface area contributed by atoms with Crippen molar-refractivity contribution in [1.82, 2.24) is 5.32 Å². The van der Waals surface area contributed by atoms with Gasteiger partial charge in [-0.3, -0.25) is 4.79 Å². The molecule has 88 valence electrons. The topological polar surface area (TPSA) is 29.1 Å². The normalized spacial score (nSPS) is 11.3. The molecular weight excluding hydrogens is 287 g/mol. The van der Waals surface area contributed by atoms with Crippen LogP contribution in [0.2, 0.25) is 0 Å². The first kappa shape index (κ1) is 13.0. The van der Waals surface area contributed by atoms with Crippen molar-refractivity contribution >= 4 is 21.8 Å². The van der Waals surface area contributed by atoms with E-state index in [9.17, 15) is 18.0 Å². The summed E-state index contributed by atoms with van der Waals surface area (Å²) < 4.78 is 38.0. The molecule has 0 aliphatic heterocycles. The van der Waals surface area contributed by atoms with Crippen molar-refractivity contribution in [2.24, 2.45) is 0 Å². The van der Waals surface area contributed by atoms with Gasteiger partial charge in [-0.25, -0.2) is 13.2 Å². The Kier molecular flexibility index (Phi) is 3.96. The lowest BCUT2D eigenvalue weighted by Crippen LogP contribution is -2.34. The average Bonchev–Trinajstić information content (AvgIpc) is 2.17. The highest BCUT2D eigenvalue weighted by Crippen LogP contribution is 2.20. The van der Waals surface area contributed by atoms with Crippen LogP contribution in [-0.2, 0) is 0 Å². The molecule has 0 unspecified atom stereocenters. The third kappa shape index (κ3) is 3.52. The van der Waals surface area contributed by atoms with E-state index in [0.717, 1.165) is 6.07 Å². The van der Waals surface area contributed by atoms with Crippen LogP contribution < -0.4 is 5.32 Å². The van der Waals surface area contributed by atoms with Crippen molar-refractivity contribution < 1.29 is 18.0 Å². The Balaban J connectivity index is 2.78. The van der Waals surface area contributed by atoms with Crippen LogP contribution in [-0.4, -0.2) is 18.4 Å². The van der Waals surface area contributed by atoms with Crippen molar-refractivity contribution in [3.8, 4) is 0 Å². The molecule has 6 heteroatoms. The van der Waals surface area contributed by atoms with Gasteiger partial charge in [0.2, 0.25) is 0 Å². The lowest BCUT2D eigenvalue weighted by atomic mass is 10.2. The van der Waals surface area contributed by atoms with Gasteiger partial charge < -0.3 is 5.32 Å². The van der Waals surface area contributed by atoms with Crippen LogP contribution in [0, 0.1) is 5.82 Å². The number of halogens is 4. The van der Waals surface area contributed by atoms with Crippen LogP contribution in [0.15, 0.2) is 22.7 Å². The molecule has 0 atom stereocenters. The predicted molar refractivity (Wildman–Crippen MR) is 57.1 cm³/mol. The third-order valence-electron chi connectivity index (χ3n) is 1.76. The van der Waals surface area contributed by atoms with Gasteiger partial charge >= 0.3 is 0 Å². The Morgan fingerprint density at radius 1 is 1.50 bits per heavy atom. The summed E-state index contributed by atoms with van der Waals surface area (Å²) >= 11 is 2.88. The number of rotatable bonds is 3. The summed E-state index contributed by atoms with van der Waals surface area (Å²) in [5.74, 6) is -4.35. The maximum Gasteiger partial charge on any atom is 0.262 e. The van der Waals surface area contributed by atoms with Gasteiger partial charge in [0.1, 0.15) is 5.82 Å². The lowest BCUT2D eigenvalue weighted by Gasteiger charge is -2.12. The summed E-state index contributed by atoms with van der Waals surface area (Å²) in [5, 5.41) is 2.02. The Bertz CT molecular complexity index is 404. The molecule has 1 aromatic carbocycles. The van der Waals surface area contributed by atoms with Crippen LogP contribution in [0.4, 0.5) is 13.2 Å². The van der Waals surface area contributed by atoms with E-state index in [1.807, 2.05) is 5.32 Å². The number of alkyl halides is 2. The molecule has 1 aromatic rings. The van der Waals surface area contributed by atoms with Crippen LogP contribution in [0.25, 0.3) is 0 Å². The molecule has 0 saturated heterocycles. The minimum absolute atomic E-state index is 0.00995. The van der Waals surface area contributed by atoms with Crippen molar-refractivity contribution in [3.63, 3.8) is 0 Å². The van der Waals surface area contributed by atoms with Gasteiger partial charge in [0, 0.05) is 6.92 Å². The quantitative estimate of drug-likeness (QED) is 0.913. The predicted octanol–water partition coefficient (Wildman–Crippen LogP) is 2.97. The van der Waals surface area contributed by atoms with Crippen LogP contribution in [0.3, 0.4) is 0 Å². The number of hydrogen-bond donors (Lipinski definition) is 1. The summed E-state index contributed by atoms with van der Waals surface area (Å²) in [4.78, 5) is 11.4. The summed E-state index contributed by atoms with van der Waals surface area (Å²) in [6, 6.07) is 3.84. The number of amides is 1. The Morgan fingerprint density at radius 3 is 2.69 bits per heavy atom. The molecular formula is C10H9BrF3NO. The van der Waals surface area contributed by atoms with Gasteiger partial charge in [-0.05, 0) is 28.1 Å². The van der Waals surface area contributed by atoms with E-state index < -0.39 is 24.2 Å². The zero-order valence-corrected chi connectivity index (χ0v) is 9.95. The molecule has 1 rings (SSSR count). The first-order valence-corrected chi connectivity index (χ1v) is 5.20. The summed E-state index contributed by atoms with van der Waals surface area (Å²) in [6.07, 6.45) is 0. The van der Waals surface area contributed by atoms with Gasteiger partial charge in [0.05, 0.1) is 16.6 Å². The summed E-state index contributed by atoms with van der Waals surface area (Å²) in [5.41, 5.74) is -0.00995. The largest absolute Gasteiger partial charge is 0.346 e. The van der Waals surface area contributed by atoms with Crippen molar-refractivity contribution in [1.29, 1.82) is 0 Å². The Labute approximate surface area is 99.0 Å². The van der Waals surface area contributed by atoms with E-state index >= 15 is 0 Å². The Morgan fingerprint density at radius 2 is 2.12 bits per heavy atom. The highest BCUT2D eigenvalue weighted by molar-refractivity contribution is 9.10. The smallest absolute Gasteiger partial charge is 0.262 e. The second-order valence-electron chi connectivity index (χ2n) is 3.35. The number of benzene rings is 1. The Hall–Kier alpha value is -1.04. The van der Waals surface area contributed by atoms with Gasteiger partial charge in [-0.2, -0.15) is 0 Å². The highest BCUT2D eigenvalue weighted by Gasteiger charge is 2.23. The zero-order chi connectivity index (χ0) is 12.3. The summed E-state index contributed by atoms with van der Waals surface area (Å²) in [7, 11) is 0. The fourth-order valence-corrected chi connectivity index (χ4v) is 1.45. The molecule has 0 aliphatic rings. The van der Waals surface area contributed by atoms with E-state index in [-0.39, 0.29) is 10.0 Å². The molecule has 16 heavy (non-hydrogen) atoms. The van der Waals surface area contributed by atoms with Gasteiger partial charge in [-0.15, -0.1) is 0 Å². The van der Waals surface area contributed by atoms with E-state index in [2.05, 4.69) is 15.9 Å². The zero-order valence-electron chi connectivity index (χ0n) is 8.36. The standard InChI is InChI=1S/C10H9BrF3NO/c1-10(13,14)5-15-9(16)6-3-2-4-7(12)8(6)11/h2-4H,5H2,1H3,(H,15,16). The van der Waals surface area contributed by atoms with Gasteiger partial charge in [0.15, 0.2) is 0 Å². The molecule has 0 spiro atoms. The monoisotopic (exact) mass is 295 g/mol. The van der Waals surface area contributed by atoms with Crippen LogP contribution in [0.1, 0.15) is 17.3 Å². The molecule has 0 radical (unpaired) electrons. The average molecular weight is 296 g/mol. The van der Waals surface area contributed by atoms with E-state index in [0.29, 0.717) is 6.92 Å². The first-order chi connectivity index (χ1) is 7.31. The maximum atomic E-state index is 13.0. The first-order valence-electron chi connectivity index (χ1n) is 4.41. The molecule has 0 saturated carbocycles. The minimum atomic E-state index is -2.99. The fraction of sp³-hybridized carbons (Fsp3) is 0.300. The molecule has 0 aliphatic carbocycles. The molecule has 0 aromatic heterocycles. The number of nitrogens with one attached hydrogen (secondary N) is 1. The number of carbonyl (C=O) groups excluding carboxylic acids is 1. The van der Waals surface area contributed by atoms with Crippen molar-refractivity contribution in [2.45, 2.75) is 12.8 Å². The second kappa shape index (κ2) is 4.86. The molecule has 0 fully saturated rings. The molecule has 1 N–H and O–H groups in total. The van der Waals surface area contributed by atoms with E-state index in [4.69, 9.17) is 0 Å². The van der Waals surface area contributed by atoms with Crippen LogP contribution >= 0.6 is 15.9 Å². The van der Waals surface area contributed by atoms with Gasteiger partial charge in [-0.1, -0.05) is 6.07 Å². The lowest BCUT2D eigenvalue weighted by molar-refractivity contribution is 0.0221. The third-order valence-corrected chi connectivity index (χ3v) is 2.56. The molecule has 1 amide bonds.